The summed E-state index contributed by atoms with van der Waals surface area (Å²) in [5.41, 5.74) is 10.5. The highest BCUT2D eigenvalue weighted by molar-refractivity contribution is 5.76. The highest BCUT2D eigenvalue weighted by Gasteiger charge is 2.23. The molecule has 0 saturated heterocycles. The van der Waals surface area contributed by atoms with Crippen molar-refractivity contribution in [3.63, 3.8) is 0 Å². The van der Waals surface area contributed by atoms with E-state index in [9.17, 15) is 0 Å². The van der Waals surface area contributed by atoms with E-state index >= 15 is 0 Å². The van der Waals surface area contributed by atoms with Crippen LogP contribution < -0.4 is 0 Å². The zero-order chi connectivity index (χ0) is 14.2. The maximum absolute atomic E-state index is 2.40. The Kier molecular flexibility index (Phi) is 3.03. The number of benzene rings is 1. The maximum atomic E-state index is 2.40. The van der Waals surface area contributed by atoms with Gasteiger partial charge in [0, 0.05) is 0 Å². The molecule has 1 aromatic carbocycles. The number of allylic oxidation sites excluding steroid dienone is 9. The van der Waals surface area contributed by atoms with Gasteiger partial charge in [0.05, 0.1) is 0 Å². The van der Waals surface area contributed by atoms with Crippen LogP contribution in [0.25, 0.3) is 6.08 Å². The van der Waals surface area contributed by atoms with Gasteiger partial charge < -0.3 is 0 Å². The normalized spacial score (nSPS) is 19.2. The first kappa shape index (κ1) is 12.6. The molecule has 0 atom stereocenters. The first-order valence-electron chi connectivity index (χ1n) is 7.86. The highest BCUT2D eigenvalue weighted by Crippen LogP contribution is 2.41. The van der Waals surface area contributed by atoms with E-state index in [-0.39, 0.29) is 0 Å². The van der Waals surface area contributed by atoms with Crippen LogP contribution in [-0.4, -0.2) is 0 Å². The molecule has 3 aliphatic carbocycles. The van der Waals surface area contributed by atoms with Crippen molar-refractivity contribution in [2.24, 2.45) is 0 Å². The van der Waals surface area contributed by atoms with Crippen molar-refractivity contribution in [2.75, 3.05) is 0 Å². The van der Waals surface area contributed by atoms with E-state index in [0.717, 1.165) is 12.8 Å². The van der Waals surface area contributed by atoms with Gasteiger partial charge in [-0.1, -0.05) is 54.1 Å². The molecule has 0 amide bonds. The molecule has 0 bridgehead atoms. The highest BCUT2D eigenvalue weighted by atomic mass is 14.3. The van der Waals surface area contributed by atoms with Crippen molar-refractivity contribution < 1.29 is 0 Å². The SMILES string of the molecule is CC1=C(CCC2=CC=CC2)C2=Cc3ccccc3CC2=C1. The van der Waals surface area contributed by atoms with Crippen LogP contribution in [0.3, 0.4) is 0 Å². The number of rotatable bonds is 3. The third-order valence-corrected chi connectivity index (χ3v) is 4.82. The van der Waals surface area contributed by atoms with Crippen LogP contribution in [0.1, 0.15) is 37.3 Å². The molecule has 0 aromatic heterocycles. The lowest BCUT2D eigenvalue weighted by Crippen LogP contribution is -2.02. The minimum Gasteiger partial charge on any atom is -0.0805 e. The average Bonchev–Trinajstić information content (AvgIpc) is 3.10. The van der Waals surface area contributed by atoms with Gasteiger partial charge in [0.1, 0.15) is 0 Å². The summed E-state index contributed by atoms with van der Waals surface area (Å²) < 4.78 is 0. The van der Waals surface area contributed by atoms with Gasteiger partial charge in [-0.3, -0.25) is 0 Å². The molecule has 0 nitrogen and oxygen atoms in total. The Hall–Kier alpha value is -2.08. The molecule has 0 N–H and O–H groups in total. The lowest BCUT2D eigenvalue weighted by Gasteiger charge is -2.19. The van der Waals surface area contributed by atoms with Gasteiger partial charge >= 0.3 is 0 Å². The summed E-state index contributed by atoms with van der Waals surface area (Å²) in [5.74, 6) is 0. The molecule has 0 fully saturated rings. The molecule has 0 aliphatic heterocycles. The van der Waals surface area contributed by atoms with Crippen molar-refractivity contribution in [1.29, 1.82) is 0 Å². The molecule has 0 heterocycles. The van der Waals surface area contributed by atoms with E-state index in [1.807, 2.05) is 0 Å². The Labute approximate surface area is 126 Å². The maximum Gasteiger partial charge on any atom is -0.00137 e. The molecule has 1 aromatic rings. The smallest absolute Gasteiger partial charge is 0.00137 e. The molecular weight excluding hydrogens is 252 g/mol. The summed E-state index contributed by atoms with van der Waals surface area (Å²) in [5, 5.41) is 0. The summed E-state index contributed by atoms with van der Waals surface area (Å²) in [4.78, 5) is 0. The van der Waals surface area contributed by atoms with Gasteiger partial charge in [0.25, 0.3) is 0 Å². The quantitative estimate of drug-likeness (QED) is 0.676. The predicted octanol–water partition coefficient (Wildman–Crippen LogP) is 5.55. The summed E-state index contributed by atoms with van der Waals surface area (Å²) in [6, 6.07) is 8.79. The first-order chi connectivity index (χ1) is 10.3. The van der Waals surface area contributed by atoms with Crippen LogP contribution in [0.15, 0.2) is 76.4 Å². The second kappa shape index (κ2) is 5.04. The van der Waals surface area contributed by atoms with E-state index in [2.05, 4.69) is 61.6 Å². The monoisotopic (exact) mass is 272 g/mol. The van der Waals surface area contributed by atoms with Gasteiger partial charge in [-0.2, -0.15) is 0 Å². The zero-order valence-electron chi connectivity index (χ0n) is 12.5. The molecule has 0 spiro atoms. The first-order valence-corrected chi connectivity index (χ1v) is 7.86. The van der Waals surface area contributed by atoms with Crippen molar-refractivity contribution in [1.82, 2.24) is 0 Å². The molecule has 104 valence electrons. The summed E-state index contributed by atoms with van der Waals surface area (Å²) in [6.45, 7) is 2.27. The zero-order valence-corrected chi connectivity index (χ0v) is 12.5. The minimum absolute atomic E-state index is 1.09. The topological polar surface area (TPSA) is 0 Å². The largest absolute Gasteiger partial charge is 0.0805 e. The lowest BCUT2D eigenvalue weighted by atomic mass is 9.86. The summed E-state index contributed by atoms with van der Waals surface area (Å²) in [7, 11) is 0. The van der Waals surface area contributed by atoms with Gasteiger partial charge in [0.15, 0.2) is 0 Å². The predicted molar refractivity (Wildman–Crippen MR) is 90.0 cm³/mol. The van der Waals surface area contributed by atoms with Crippen molar-refractivity contribution >= 4 is 6.08 Å². The fourth-order valence-electron chi connectivity index (χ4n) is 3.65. The third-order valence-electron chi connectivity index (χ3n) is 4.82. The van der Waals surface area contributed by atoms with Crippen molar-refractivity contribution in [3.05, 3.63) is 87.6 Å². The van der Waals surface area contributed by atoms with Gasteiger partial charge in [-0.25, -0.2) is 0 Å². The van der Waals surface area contributed by atoms with E-state index in [1.165, 1.54) is 40.7 Å². The molecular formula is C21H20. The molecule has 21 heavy (non-hydrogen) atoms. The third kappa shape index (κ3) is 2.25. The van der Waals surface area contributed by atoms with Crippen LogP contribution in [0.5, 0.6) is 0 Å². The molecule has 0 unspecified atom stereocenters. The van der Waals surface area contributed by atoms with Crippen molar-refractivity contribution in [2.45, 2.75) is 32.6 Å². The Morgan fingerprint density at radius 3 is 2.81 bits per heavy atom. The molecule has 0 heteroatoms. The second-order valence-corrected chi connectivity index (χ2v) is 6.22. The van der Waals surface area contributed by atoms with E-state index < -0.39 is 0 Å². The van der Waals surface area contributed by atoms with Crippen LogP contribution >= 0.6 is 0 Å². The Bertz CT molecular complexity index is 748. The van der Waals surface area contributed by atoms with Gasteiger partial charge in [0.2, 0.25) is 0 Å². The van der Waals surface area contributed by atoms with Gasteiger partial charge in [-0.05, 0) is 72.1 Å². The number of hydrogen-bond acceptors (Lipinski definition) is 0. The summed E-state index contributed by atoms with van der Waals surface area (Å²) in [6.07, 6.45) is 16.1. The number of fused-ring (bicyclic) bond motifs is 2. The van der Waals surface area contributed by atoms with Crippen LogP contribution in [0.2, 0.25) is 0 Å². The fraction of sp³-hybridized carbons (Fsp3) is 0.238. The van der Waals surface area contributed by atoms with Crippen LogP contribution in [0, 0.1) is 0 Å². The fourth-order valence-corrected chi connectivity index (χ4v) is 3.65. The number of hydrogen-bond donors (Lipinski definition) is 0. The standard InChI is InChI=1S/C21H20/c1-15-12-19-13-17-8-4-5-9-18(17)14-21(19)20(15)11-10-16-6-2-3-7-16/h2-6,8-9,12,14H,7,10-11,13H2,1H3. The van der Waals surface area contributed by atoms with Gasteiger partial charge in [-0.15, -0.1) is 0 Å². The molecule has 0 radical (unpaired) electrons. The van der Waals surface area contributed by atoms with E-state index in [4.69, 9.17) is 0 Å². The molecule has 0 saturated carbocycles. The summed E-state index contributed by atoms with van der Waals surface area (Å²) >= 11 is 0. The van der Waals surface area contributed by atoms with Crippen LogP contribution in [-0.2, 0) is 6.42 Å². The average molecular weight is 272 g/mol. The van der Waals surface area contributed by atoms with Crippen LogP contribution in [0.4, 0.5) is 0 Å². The second-order valence-electron chi connectivity index (χ2n) is 6.22. The van der Waals surface area contributed by atoms with Crippen molar-refractivity contribution in [3.8, 4) is 0 Å². The van der Waals surface area contributed by atoms with E-state index in [1.54, 1.807) is 11.1 Å². The Morgan fingerprint density at radius 2 is 1.95 bits per heavy atom. The Morgan fingerprint density at radius 1 is 1.05 bits per heavy atom. The minimum atomic E-state index is 1.09. The lowest BCUT2D eigenvalue weighted by molar-refractivity contribution is 0.908. The van der Waals surface area contributed by atoms with E-state index in [0.29, 0.717) is 0 Å². The Balaban J connectivity index is 1.61. The molecule has 4 rings (SSSR count). The molecule has 3 aliphatic rings.